The van der Waals surface area contributed by atoms with Gasteiger partial charge in [0.1, 0.15) is 11.6 Å². The number of hydrogen-bond donors (Lipinski definition) is 3. The van der Waals surface area contributed by atoms with Crippen molar-refractivity contribution in [2.24, 2.45) is 5.73 Å². The minimum absolute atomic E-state index is 0.0118. The lowest BCUT2D eigenvalue weighted by molar-refractivity contribution is -0.126. The second kappa shape index (κ2) is 14.5. The fraction of sp³-hybridized carbons (Fsp3) is 0.500. The third-order valence-corrected chi connectivity index (χ3v) is 5.80. The first kappa shape index (κ1) is 28.3. The van der Waals surface area contributed by atoms with Gasteiger partial charge in [0.05, 0.1) is 13.2 Å². The number of aryl methyl sites for hydroxylation is 2. The SMILES string of the molecule is CCCNC(=O)CNC(=O)CCCCOc1cc(C)cc(F)c1.CCc1cccc(C2(N)CC2)c1. The molecule has 192 valence electrons. The Balaban J connectivity index is 0.000000298. The van der Waals surface area contributed by atoms with E-state index in [0.29, 0.717) is 38.2 Å². The topological polar surface area (TPSA) is 93.5 Å². The number of hydrogen-bond acceptors (Lipinski definition) is 4. The Bertz CT molecular complexity index is 940. The number of unbranched alkanes of at least 4 members (excludes halogenated alkanes) is 1. The number of carbonyl (C=O) groups is 2. The average molecular weight is 486 g/mol. The summed E-state index contributed by atoms with van der Waals surface area (Å²) in [6, 6.07) is 13.2. The van der Waals surface area contributed by atoms with Gasteiger partial charge in [-0.3, -0.25) is 9.59 Å². The lowest BCUT2D eigenvalue weighted by Crippen LogP contribution is -2.37. The van der Waals surface area contributed by atoms with Crippen molar-refractivity contribution in [3.8, 4) is 5.75 Å². The van der Waals surface area contributed by atoms with E-state index in [1.165, 1.54) is 23.3 Å². The summed E-state index contributed by atoms with van der Waals surface area (Å²) in [4.78, 5) is 22.9. The summed E-state index contributed by atoms with van der Waals surface area (Å²) in [6.07, 6.45) is 5.95. The second-order valence-electron chi connectivity index (χ2n) is 9.11. The molecule has 0 unspecified atom stereocenters. The molecule has 35 heavy (non-hydrogen) atoms. The van der Waals surface area contributed by atoms with Gasteiger partial charge in [0.15, 0.2) is 0 Å². The standard InChI is InChI=1S/C17H25FN2O3.C11H15N/c1-3-7-19-17(22)12-20-16(21)6-4-5-8-23-15-10-13(2)9-14(18)11-15;1-2-9-4-3-5-10(8-9)11(12)6-7-11/h9-11H,3-8,12H2,1-2H3,(H,19,22)(H,20,21);3-5,8H,2,6-7,12H2,1H3. The van der Waals surface area contributed by atoms with E-state index in [1.807, 2.05) is 6.92 Å². The molecular formula is C28H40FN3O3. The summed E-state index contributed by atoms with van der Waals surface area (Å²) in [5.74, 6) is -0.150. The Morgan fingerprint density at radius 2 is 1.83 bits per heavy atom. The van der Waals surface area contributed by atoms with E-state index in [1.54, 1.807) is 13.0 Å². The maximum absolute atomic E-state index is 13.2. The predicted octanol–water partition coefficient (Wildman–Crippen LogP) is 4.52. The molecule has 2 aromatic rings. The Hall–Kier alpha value is -2.93. The smallest absolute Gasteiger partial charge is 0.239 e. The summed E-state index contributed by atoms with van der Waals surface area (Å²) >= 11 is 0. The molecule has 0 saturated heterocycles. The molecule has 2 amide bonds. The minimum atomic E-state index is -0.319. The number of rotatable bonds is 12. The molecule has 0 aliphatic heterocycles. The third-order valence-electron chi connectivity index (χ3n) is 5.80. The molecule has 0 spiro atoms. The zero-order chi connectivity index (χ0) is 25.7. The zero-order valence-corrected chi connectivity index (χ0v) is 21.3. The monoisotopic (exact) mass is 485 g/mol. The van der Waals surface area contributed by atoms with Crippen LogP contribution >= 0.6 is 0 Å². The van der Waals surface area contributed by atoms with Gasteiger partial charge in [0.25, 0.3) is 0 Å². The minimum Gasteiger partial charge on any atom is -0.493 e. The second-order valence-corrected chi connectivity index (χ2v) is 9.11. The van der Waals surface area contributed by atoms with Crippen LogP contribution in [0.5, 0.6) is 5.75 Å². The van der Waals surface area contributed by atoms with Crippen molar-refractivity contribution >= 4 is 11.8 Å². The van der Waals surface area contributed by atoms with Gasteiger partial charge < -0.3 is 21.1 Å². The van der Waals surface area contributed by atoms with E-state index >= 15 is 0 Å². The number of benzene rings is 2. The fourth-order valence-electron chi connectivity index (χ4n) is 3.48. The van der Waals surface area contributed by atoms with Crippen molar-refractivity contribution in [1.82, 2.24) is 10.6 Å². The summed E-state index contributed by atoms with van der Waals surface area (Å²) in [7, 11) is 0. The molecule has 6 nitrogen and oxygen atoms in total. The molecular weight excluding hydrogens is 445 g/mol. The van der Waals surface area contributed by atoms with Crippen molar-refractivity contribution < 1.29 is 18.7 Å². The number of amides is 2. The molecule has 0 radical (unpaired) electrons. The maximum atomic E-state index is 13.2. The Morgan fingerprint density at radius 3 is 2.49 bits per heavy atom. The van der Waals surface area contributed by atoms with Gasteiger partial charge in [-0.05, 0) is 74.3 Å². The van der Waals surface area contributed by atoms with Crippen LogP contribution in [0, 0.1) is 12.7 Å². The lowest BCUT2D eigenvalue weighted by atomic mass is 10.0. The Morgan fingerprint density at radius 1 is 1.06 bits per heavy atom. The van der Waals surface area contributed by atoms with Crippen LogP contribution in [0.15, 0.2) is 42.5 Å². The van der Waals surface area contributed by atoms with E-state index in [4.69, 9.17) is 10.5 Å². The number of nitrogens with one attached hydrogen (secondary N) is 2. The quantitative estimate of drug-likeness (QED) is 0.385. The molecule has 0 atom stereocenters. The number of nitrogens with two attached hydrogens (primary N) is 1. The van der Waals surface area contributed by atoms with Crippen molar-refractivity contribution in [3.63, 3.8) is 0 Å². The molecule has 2 aromatic carbocycles. The van der Waals surface area contributed by atoms with Crippen LogP contribution in [0.25, 0.3) is 0 Å². The summed E-state index contributed by atoms with van der Waals surface area (Å²) < 4.78 is 18.6. The van der Waals surface area contributed by atoms with E-state index in [2.05, 4.69) is 41.8 Å². The summed E-state index contributed by atoms with van der Waals surface area (Å²) in [5.41, 5.74) is 9.64. The molecule has 1 aliphatic rings. The van der Waals surface area contributed by atoms with Gasteiger partial charge in [0.2, 0.25) is 11.8 Å². The van der Waals surface area contributed by atoms with Gasteiger partial charge in [-0.15, -0.1) is 0 Å². The van der Waals surface area contributed by atoms with Crippen LogP contribution in [0.3, 0.4) is 0 Å². The fourth-order valence-corrected chi connectivity index (χ4v) is 3.48. The zero-order valence-electron chi connectivity index (χ0n) is 21.3. The first-order valence-electron chi connectivity index (χ1n) is 12.6. The van der Waals surface area contributed by atoms with Crippen molar-refractivity contribution in [1.29, 1.82) is 0 Å². The number of ether oxygens (including phenoxy) is 1. The van der Waals surface area contributed by atoms with Gasteiger partial charge >= 0.3 is 0 Å². The van der Waals surface area contributed by atoms with Crippen LogP contribution < -0.4 is 21.1 Å². The maximum Gasteiger partial charge on any atom is 0.239 e. The van der Waals surface area contributed by atoms with Gasteiger partial charge in [-0.2, -0.15) is 0 Å². The molecule has 0 bridgehead atoms. The highest BCUT2D eigenvalue weighted by atomic mass is 19.1. The number of halogens is 1. The van der Waals surface area contributed by atoms with E-state index in [-0.39, 0.29) is 29.7 Å². The van der Waals surface area contributed by atoms with E-state index in [0.717, 1.165) is 31.2 Å². The van der Waals surface area contributed by atoms with Gasteiger partial charge in [-0.1, -0.05) is 38.1 Å². The highest BCUT2D eigenvalue weighted by Gasteiger charge is 2.39. The first-order valence-corrected chi connectivity index (χ1v) is 12.6. The highest BCUT2D eigenvalue weighted by molar-refractivity contribution is 5.84. The average Bonchev–Trinajstić information content (AvgIpc) is 3.59. The molecule has 4 N–H and O–H groups in total. The lowest BCUT2D eigenvalue weighted by Gasteiger charge is -2.09. The van der Waals surface area contributed by atoms with Crippen LogP contribution in [-0.2, 0) is 21.5 Å². The van der Waals surface area contributed by atoms with Crippen LogP contribution in [0.2, 0.25) is 0 Å². The van der Waals surface area contributed by atoms with E-state index < -0.39 is 0 Å². The first-order chi connectivity index (χ1) is 16.8. The van der Waals surface area contributed by atoms with Crippen molar-refractivity contribution in [2.75, 3.05) is 19.7 Å². The van der Waals surface area contributed by atoms with Crippen molar-refractivity contribution in [3.05, 3.63) is 65.0 Å². The number of carbonyl (C=O) groups excluding carboxylic acids is 2. The third kappa shape index (κ3) is 10.9. The highest BCUT2D eigenvalue weighted by Crippen LogP contribution is 2.42. The van der Waals surface area contributed by atoms with Crippen molar-refractivity contribution in [2.45, 2.75) is 71.3 Å². The largest absolute Gasteiger partial charge is 0.493 e. The summed E-state index contributed by atoms with van der Waals surface area (Å²) in [5, 5.41) is 5.26. The van der Waals surface area contributed by atoms with Crippen LogP contribution in [0.1, 0.15) is 69.1 Å². The molecule has 3 rings (SSSR count). The van der Waals surface area contributed by atoms with E-state index in [9.17, 15) is 14.0 Å². The van der Waals surface area contributed by atoms with Gasteiger partial charge in [0, 0.05) is 24.6 Å². The molecule has 1 fully saturated rings. The molecule has 1 saturated carbocycles. The Kier molecular flexibility index (Phi) is 11.7. The molecule has 1 aliphatic carbocycles. The predicted molar refractivity (Wildman–Crippen MR) is 138 cm³/mol. The molecule has 0 heterocycles. The Labute approximate surface area is 208 Å². The molecule has 0 aromatic heterocycles. The van der Waals surface area contributed by atoms with Crippen LogP contribution in [-0.4, -0.2) is 31.5 Å². The summed E-state index contributed by atoms with van der Waals surface area (Å²) in [6.45, 7) is 6.99. The van der Waals surface area contributed by atoms with Gasteiger partial charge in [-0.25, -0.2) is 4.39 Å². The van der Waals surface area contributed by atoms with Crippen LogP contribution in [0.4, 0.5) is 4.39 Å². The normalized spacial score (nSPS) is 13.3. The molecule has 7 heteroatoms.